The van der Waals surface area contributed by atoms with Gasteiger partial charge in [-0.25, -0.2) is 8.42 Å². The van der Waals surface area contributed by atoms with Crippen LogP contribution in [0.4, 0.5) is 5.13 Å². The zero-order chi connectivity index (χ0) is 14.0. The molecule has 0 aliphatic rings. The molecule has 0 saturated heterocycles. The highest BCUT2D eigenvalue weighted by Gasteiger charge is 2.19. The van der Waals surface area contributed by atoms with Gasteiger partial charge in [0.2, 0.25) is 5.13 Å². The van der Waals surface area contributed by atoms with E-state index in [9.17, 15) is 8.42 Å². The van der Waals surface area contributed by atoms with Crippen LogP contribution in [0.25, 0.3) is 0 Å². The van der Waals surface area contributed by atoms with Crippen molar-refractivity contribution in [3.05, 3.63) is 23.0 Å². The summed E-state index contributed by atoms with van der Waals surface area (Å²) in [5, 5.41) is 17.5. The fourth-order valence-electron chi connectivity index (χ4n) is 1.61. The van der Waals surface area contributed by atoms with Crippen molar-refractivity contribution in [1.82, 2.24) is 14.8 Å². The fourth-order valence-corrected chi connectivity index (χ4v) is 3.50. The van der Waals surface area contributed by atoms with Gasteiger partial charge in [0.25, 0.3) is 10.0 Å². The van der Waals surface area contributed by atoms with Gasteiger partial charge in [-0.15, -0.1) is 10.2 Å². The highest BCUT2D eigenvalue weighted by molar-refractivity contribution is 7.93. The molecule has 0 radical (unpaired) electrons. The number of aliphatic hydroxyl groups excluding tert-OH is 1. The largest absolute Gasteiger partial charge is 0.390 e. The molecule has 19 heavy (non-hydrogen) atoms. The molecule has 2 aromatic heterocycles. The van der Waals surface area contributed by atoms with E-state index < -0.39 is 10.0 Å². The first kappa shape index (κ1) is 14.0. The normalized spacial score (nSPS) is 11.7. The quantitative estimate of drug-likeness (QED) is 0.857. The molecule has 0 aliphatic heterocycles. The van der Waals surface area contributed by atoms with E-state index in [1.54, 1.807) is 11.5 Å². The van der Waals surface area contributed by atoms with Crippen LogP contribution in [0.15, 0.2) is 17.2 Å². The molecule has 7 nitrogen and oxygen atoms in total. The molecule has 0 spiro atoms. The summed E-state index contributed by atoms with van der Waals surface area (Å²) in [4.78, 5) is 0.103. The van der Waals surface area contributed by atoms with Gasteiger partial charge >= 0.3 is 0 Å². The first-order chi connectivity index (χ1) is 8.96. The summed E-state index contributed by atoms with van der Waals surface area (Å²) in [6.45, 7) is 3.99. The maximum atomic E-state index is 12.1. The number of hydrogen-bond donors (Lipinski definition) is 2. The van der Waals surface area contributed by atoms with Crippen molar-refractivity contribution in [2.45, 2.75) is 31.9 Å². The molecule has 0 bridgehead atoms. The first-order valence-electron chi connectivity index (χ1n) is 5.59. The number of anilines is 1. The second kappa shape index (κ2) is 5.27. The molecule has 0 aliphatic carbocycles. The topological polar surface area (TPSA) is 97.1 Å². The number of nitrogens with zero attached hydrogens (tertiary/aromatic N) is 3. The molecule has 104 valence electrons. The highest BCUT2D eigenvalue weighted by atomic mass is 32.2. The maximum absolute atomic E-state index is 12.1. The standard InChI is InChI=1S/C10H14N4O3S2/c1-3-14-5-9(4-8(14)6-15)19(16,17)13-10-12-11-7(2)18-10/h4-5,15H,3,6H2,1-2H3,(H,12,13). The number of aromatic nitrogens is 3. The molecule has 0 atom stereocenters. The SMILES string of the molecule is CCn1cc(S(=O)(=O)Nc2nnc(C)s2)cc1CO. The third-order valence-corrected chi connectivity index (χ3v) is 4.71. The molecular weight excluding hydrogens is 288 g/mol. The fraction of sp³-hybridized carbons (Fsp3) is 0.400. The van der Waals surface area contributed by atoms with E-state index in [-0.39, 0.29) is 16.6 Å². The van der Waals surface area contributed by atoms with E-state index >= 15 is 0 Å². The van der Waals surface area contributed by atoms with Gasteiger partial charge in [-0.3, -0.25) is 4.72 Å². The summed E-state index contributed by atoms with van der Waals surface area (Å²) in [5.74, 6) is 0. The summed E-state index contributed by atoms with van der Waals surface area (Å²) in [6.07, 6.45) is 1.49. The third kappa shape index (κ3) is 2.94. The van der Waals surface area contributed by atoms with Gasteiger partial charge in [-0.05, 0) is 19.9 Å². The van der Waals surface area contributed by atoms with Crippen LogP contribution >= 0.6 is 11.3 Å². The Morgan fingerprint density at radius 1 is 1.47 bits per heavy atom. The molecule has 2 aromatic rings. The van der Waals surface area contributed by atoms with E-state index in [0.717, 1.165) is 11.3 Å². The summed E-state index contributed by atoms with van der Waals surface area (Å²) in [6, 6.07) is 1.44. The zero-order valence-electron chi connectivity index (χ0n) is 10.5. The summed E-state index contributed by atoms with van der Waals surface area (Å²) < 4.78 is 28.3. The van der Waals surface area contributed by atoms with Gasteiger partial charge in [0.05, 0.1) is 6.61 Å². The second-order valence-corrected chi connectivity index (χ2v) is 6.71. The van der Waals surface area contributed by atoms with Gasteiger partial charge in [0.1, 0.15) is 9.90 Å². The minimum Gasteiger partial charge on any atom is -0.390 e. The van der Waals surface area contributed by atoms with Gasteiger partial charge < -0.3 is 9.67 Å². The average Bonchev–Trinajstić information content (AvgIpc) is 2.94. The molecule has 2 heterocycles. The lowest BCUT2D eigenvalue weighted by molar-refractivity contribution is 0.271. The van der Waals surface area contributed by atoms with E-state index in [2.05, 4.69) is 14.9 Å². The number of aliphatic hydroxyl groups is 1. The minimum absolute atomic E-state index is 0.103. The van der Waals surface area contributed by atoms with Crippen molar-refractivity contribution in [3.63, 3.8) is 0 Å². The van der Waals surface area contributed by atoms with Gasteiger partial charge in [-0.2, -0.15) is 0 Å². The van der Waals surface area contributed by atoms with Crippen LogP contribution in [0, 0.1) is 6.92 Å². The molecule has 0 saturated carbocycles. The molecule has 0 aromatic carbocycles. The lowest BCUT2D eigenvalue weighted by Crippen LogP contribution is -2.12. The second-order valence-electron chi connectivity index (χ2n) is 3.84. The van der Waals surface area contributed by atoms with Gasteiger partial charge in [0, 0.05) is 18.4 Å². The van der Waals surface area contributed by atoms with E-state index in [4.69, 9.17) is 5.11 Å². The smallest absolute Gasteiger partial charge is 0.265 e. The monoisotopic (exact) mass is 302 g/mol. The van der Waals surface area contributed by atoms with Crippen LogP contribution < -0.4 is 4.72 Å². The van der Waals surface area contributed by atoms with Crippen molar-refractivity contribution in [1.29, 1.82) is 0 Å². The Morgan fingerprint density at radius 3 is 2.68 bits per heavy atom. The molecule has 0 fully saturated rings. The molecule has 0 amide bonds. The number of nitrogens with one attached hydrogen (secondary N) is 1. The van der Waals surface area contributed by atoms with Crippen LogP contribution in [0.3, 0.4) is 0 Å². The summed E-state index contributed by atoms with van der Waals surface area (Å²) in [5.41, 5.74) is 0.552. The molecule has 2 N–H and O–H groups in total. The van der Waals surface area contributed by atoms with Crippen LogP contribution in [-0.4, -0.2) is 28.3 Å². The molecule has 0 unspecified atom stereocenters. The molecular formula is C10H14N4O3S2. The minimum atomic E-state index is -3.70. The van der Waals surface area contributed by atoms with Crippen molar-refractivity contribution < 1.29 is 13.5 Å². The number of aryl methyl sites for hydroxylation is 2. The Balaban J connectivity index is 2.31. The lowest BCUT2D eigenvalue weighted by Gasteiger charge is -2.01. The maximum Gasteiger partial charge on any atom is 0.265 e. The van der Waals surface area contributed by atoms with E-state index in [1.807, 2.05) is 6.92 Å². The van der Waals surface area contributed by atoms with Crippen molar-refractivity contribution in [3.8, 4) is 0 Å². The Morgan fingerprint density at radius 2 is 2.21 bits per heavy atom. The molecule has 2 rings (SSSR count). The summed E-state index contributed by atoms with van der Waals surface area (Å²) >= 11 is 1.16. The summed E-state index contributed by atoms with van der Waals surface area (Å²) in [7, 11) is -3.70. The highest BCUT2D eigenvalue weighted by Crippen LogP contribution is 2.21. The number of hydrogen-bond acceptors (Lipinski definition) is 6. The van der Waals surface area contributed by atoms with Crippen LogP contribution in [-0.2, 0) is 23.2 Å². The Kier molecular flexibility index (Phi) is 3.88. The number of sulfonamides is 1. The van der Waals surface area contributed by atoms with Crippen LogP contribution in [0.5, 0.6) is 0 Å². The third-order valence-electron chi connectivity index (χ3n) is 2.52. The predicted molar refractivity (Wildman–Crippen MR) is 71.5 cm³/mol. The number of rotatable bonds is 5. The lowest BCUT2D eigenvalue weighted by atomic mass is 10.4. The van der Waals surface area contributed by atoms with Crippen LogP contribution in [0.1, 0.15) is 17.6 Å². The Hall–Kier alpha value is -1.45. The Labute approximate surface area is 115 Å². The molecule has 9 heteroatoms. The van der Waals surface area contributed by atoms with Gasteiger partial charge in [-0.1, -0.05) is 11.3 Å². The van der Waals surface area contributed by atoms with Crippen molar-refractivity contribution in [2.75, 3.05) is 4.72 Å². The zero-order valence-corrected chi connectivity index (χ0v) is 12.1. The Bertz CT molecular complexity index is 653. The first-order valence-corrected chi connectivity index (χ1v) is 7.89. The average molecular weight is 302 g/mol. The van der Waals surface area contributed by atoms with E-state index in [1.165, 1.54) is 12.3 Å². The van der Waals surface area contributed by atoms with Gasteiger partial charge in [0.15, 0.2) is 0 Å². The van der Waals surface area contributed by atoms with Crippen LogP contribution in [0.2, 0.25) is 0 Å². The van der Waals surface area contributed by atoms with Crippen molar-refractivity contribution in [2.24, 2.45) is 0 Å². The van der Waals surface area contributed by atoms with Crippen molar-refractivity contribution >= 4 is 26.5 Å². The predicted octanol–water partition coefficient (Wildman–Crippen LogP) is 0.961. The van der Waals surface area contributed by atoms with E-state index in [0.29, 0.717) is 17.2 Å².